The van der Waals surface area contributed by atoms with Gasteiger partial charge in [-0.25, -0.2) is 0 Å². The molecule has 1 N–H and O–H groups in total. The van der Waals surface area contributed by atoms with Gasteiger partial charge < -0.3 is 14.7 Å². The molecule has 1 amide bonds. The Bertz CT molecular complexity index is 721. The second kappa shape index (κ2) is 8.17. The number of rotatable bonds is 5. The molecule has 2 aromatic carbocycles. The lowest BCUT2D eigenvalue weighted by molar-refractivity contribution is -0.132. The van der Waals surface area contributed by atoms with Crippen LogP contribution in [0.5, 0.6) is 5.75 Å². The van der Waals surface area contributed by atoms with Crippen molar-refractivity contribution in [2.75, 3.05) is 13.1 Å². The van der Waals surface area contributed by atoms with E-state index in [1.54, 1.807) is 0 Å². The van der Waals surface area contributed by atoms with E-state index < -0.39 is 0 Å². The zero-order valence-electron chi connectivity index (χ0n) is 14.6. The molecule has 4 nitrogen and oxygen atoms in total. The van der Waals surface area contributed by atoms with Crippen LogP contribution < -0.4 is 4.74 Å². The molecule has 4 heteroatoms. The molecule has 1 aliphatic rings. The fourth-order valence-electron chi connectivity index (χ4n) is 3.12. The largest absolute Gasteiger partial charge is 0.489 e. The number of carbonyl (C=O) groups is 1. The summed E-state index contributed by atoms with van der Waals surface area (Å²) >= 11 is 0. The summed E-state index contributed by atoms with van der Waals surface area (Å²) in [6, 6.07) is 16.0. The third kappa shape index (κ3) is 5.07. The van der Waals surface area contributed by atoms with Gasteiger partial charge in [-0.1, -0.05) is 42.0 Å². The number of aliphatic hydroxyl groups excluding tert-OH is 1. The minimum absolute atomic E-state index is 0.114. The Morgan fingerprint density at radius 3 is 2.60 bits per heavy atom. The van der Waals surface area contributed by atoms with E-state index in [0.717, 1.165) is 16.9 Å². The number of ether oxygens (including phenoxy) is 1. The zero-order valence-corrected chi connectivity index (χ0v) is 14.6. The highest BCUT2D eigenvalue weighted by Gasteiger charge is 2.21. The van der Waals surface area contributed by atoms with Crippen molar-refractivity contribution in [3.63, 3.8) is 0 Å². The highest BCUT2D eigenvalue weighted by atomic mass is 16.5. The number of nitrogens with zero attached hydrogens (tertiary/aromatic N) is 1. The number of hydrogen-bond donors (Lipinski definition) is 1. The second-order valence-corrected chi connectivity index (χ2v) is 6.71. The number of likely N-dealkylation sites (tertiary alicyclic amines) is 1. The summed E-state index contributed by atoms with van der Waals surface area (Å²) < 4.78 is 5.87. The van der Waals surface area contributed by atoms with Crippen molar-refractivity contribution in [2.45, 2.75) is 38.9 Å². The Labute approximate surface area is 149 Å². The first-order chi connectivity index (χ1) is 12.1. The summed E-state index contributed by atoms with van der Waals surface area (Å²) in [4.78, 5) is 14.2. The van der Waals surface area contributed by atoms with Crippen LogP contribution in [0.15, 0.2) is 48.5 Å². The quantitative estimate of drug-likeness (QED) is 0.911. The van der Waals surface area contributed by atoms with E-state index in [4.69, 9.17) is 4.74 Å². The van der Waals surface area contributed by atoms with Gasteiger partial charge in [0, 0.05) is 13.1 Å². The van der Waals surface area contributed by atoms with Crippen molar-refractivity contribution in [3.05, 3.63) is 65.2 Å². The molecule has 1 aliphatic heterocycles. The molecule has 1 saturated heterocycles. The maximum absolute atomic E-state index is 12.4. The second-order valence-electron chi connectivity index (χ2n) is 6.71. The summed E-state index contributed by atoms with van der Waals surface area (Å²) in [5.41, 5.74) is 3.30. The Kier molecular flexibility index (Phi) is 5.71. The Morgan fingerprint density at radius 2 is 1.84 bits per heavy atom. The normalized spacial score (nSPS) is 15.2. The van der Waals surface area contributed by atoms with Crippen LogP contribution in [0.1, 0.15) is 29.5 Å². The van der Waals surface area contributed by atoms with Gasteiger partial charge in [-0.2, -0.15) is 0 Å². The lowest BCUT2D eigenvalue weighted by Gasteiger charge is -2.29. The molecule has 132 valence electrons. The van der Waals surface area contributed by atoms with Gasteiger partial charge in [-0.3, -0.25) is 4.79 Å². The molecule has 0 atom stereocenters. The number of benzene rings is 2. The molecule has 2 aromatic rings. The van der Waals surface area contributed by atoms with Gasteiger partial charge in [0.05, 0.1) is 12.5 Å². The zero-order chi connectivity index (χ0) is 17.6. The molecule has 0 radical (unpaired) electrons. The fourth-order valence-corrected chi connectivity index (χ4v) is 3.12. The molecule has 3 rings (SSSR count). The van der Waals surface area contributed by atoms with E-state index in [1.807, 2.05) is 41.3 Å². The number of aliphatic hydroxyl groups is 1. The maximum atomic E-state index is 12.4. The molecular formula is C21H25NO3. The average Bonchev–Trinajstić information content (AvgIpc) is 2.61. The van der Waals surface area contributed by atoms with Crippen molar-refractivity contribution >= 4 is 5.91 Å². The van der Waals surface area contributed by atoms with Gasteiger partial charge >= 0.3 is 0 Å². The molecule has 0 aliphatic carbocycles. The van der Waals surface area contributed by atoms with Crippen molar-refractivity contribution in [2.24, 2.45) is 0 Å². The Morgan fingerprint density at radius 1 is 1.12 bits per heavy atom. The van der Waals surface area contributed by atoms with E-state index in [0.29, 0.717) is 39.0 Å². The van der Waals surface area contributed by atoms with Crippen LogP contribution in [-0.4, -0.2) is 35.1 Å². The Balaban J connectivity index is 1.56. The van der Waals surface area contributed by atoms with Gasteiger partial charge in [0.2, 0.25) is 5.91 Å². The molecule has 0 aromatic heterocycles. The molecule has 25 heavy (non-hydrogen) atoms. The van der Waals surface area contributed by atoms with Crippen molar-refractivity contribution in [1.82, 2.24) is 4.90 Å². The van der Waals surface area contributed by atoms with Crippen LogP contribution in [0.4, 0.5) is 0 Å². The average molecular weight is 339 g/mol. The Hall–Kier alpha value is -2.33. The molecular weight excluding hydrogens is 314 g/mol. The first kappa shape index (κ1) is 17.5. The van der Waals surface area contributed by atoms with Crippen LogP contribution in [0.3, 0.4) is 0 Å². The van der Waals surface area contributed by atoms with Gasteiger partial charge in [0.1, 0.15) is 12.4 Å². The van der Waals surface area contributed by atoms with Crippen LogP contribution in [0.2, 0.25) is 0 Å². The summed E-state index contributed by atoms with van der Waals surface area (Å²) in [5.74, 6) is 0.892. The van der Waals surface area contributed by atoms with Gasteiger partial charge in [-0.15, -0.1) is 0 Å². The number of piperidine rings is 1. The number of carbonyl (C=O) groups excluding carboxylic acids is 1. The lowest BCUT2D eigenvalue weighted by Crippen LogP contribution is -2.40. The van der Waals surface area contributed by atoms with E-state index in [2.05, 4.69) is 19.1 Å². The minimum Gasteiger partial charge on any atom is -0.489 e. The van der Waals surface area contributed by atoms with E-state index in [1.165, 1.54) is 5.56 Å². The predicted octanol–water partition coefficient (Wildman–Crippen LogP) is 3.10. The minimum atomic E-state index is -0.262. The fraction of sp³-hybridized carbons (Fsp3) is 0.381. The SMILES string of the molecule is Cc1cccc(COc2cccc(CC(=O)N3CCC(O)CC3)c2)c1. The highest BCUT2D eigenvalue weighted by molar-refractivity contribution is 5.79. The lowest BCUT2D eigenvalue weighted by atomic mass is 10.1. The summed E-state index contributed by atoms with van der Waals surface area (Å²) in [7, 11) is 0. The van der Waals surface area contributed by atoms with E-state index in [-0.39, 0.29) is 12.0 Å². The number of aryl methyl sites for hydroxylation is 1. The standard InChI is InChI=1S/C21H25NO3/c1-16-4-2-6-18(12-16)15-25-20-7-3-5-17(13-20)14-21(24)22-10-8-19(23)9-11-22/h2-7,12-13,19,23H,8-11,14-15H2,1H3. The van der Waals surface area contributed by atoms with Crippen LogP contribution in [-0.2, 0) is 17.8 Å². The van der Waals surface area contributed by atoms with Crippen LogP contribution >= 0.6 is 0 Å². The highest BCUT2D eigenvalue weighted by Crippen LogP contribution is 2.18. The molecule has 0 bridgehead atoms. The van der Waals surface area contributed by atoms with Crippen molar-refractivity contribution in [3.8, 4) is 5.75 Å². The maximum Gasteiger partial charge on any atom is 0.226 e. The number of amides is 1. The third-order valence-corrected chi connectivity index (χ3v) is 4.56. The topological polar surface area (TPSA) is 49.8 Å². The van der Waals surface area contributed by atoms with E-state index >= 15 is 0 Å². The summed E-state index contributed by atoms with van der Waals surface area (Å²) in [6.45, 7) is 3.87. The molecule has 0 saturated carbocycles. The molecule has 1 fully saturated rings. The first-order valence-electron chi connectivity index (χ1n) is 8.83. The van der Waals surface area contributed by atoms with E-state index in [9.17, 15) is 9.90 Å². The number of hydrogen-bond acceptors (Lipinski definition) is 3. The van der Waals surface area contributed by atoms with Crippen LogP contribution in [0, 0.1) is 6.92 Å². The molecule has 0 unspecified atom stereocenters. The summed E-state index contributed by atoms with van der Waals surface area (Å²) in [5, 5.41) is 9.55. The van der Waals surface area contributed by atoms with Crippen molar-refractivity contribution in [1.29, 1.82) is 0 Å². The van der Waals surface area contributed by atoms with Gasteiger partial charge in [-0.05, 0) is 43.0 Å². The molecule has 1 heterocycles. The summed E-state index contributed by atoms with van der Waals surface area (Å²) in [6.07, 6.45) is 1.46. The monoisotopic (exact) mass is 339 g/mol. The third-order valence-electron chi connectivity index (χ3n) is 4.56. The predicted molar refractivity (Wildman–Crippen MR) is 97.5 cm³/mol. The first-order valence-corrected chi connectivity index (χ1v) is 8.83. The van der Waals surface area contributed by atoms with Crippen LogP contribution in [0.25, 0.3) is 0 Å². The van der Waals surface area contributed by atoms with Gasteiger partial charge in [0.25, 0.3) is 0 Å². The molecule has 0 spiro atoms. The van der Waals surface area contributed by atoms with Gasteiger partial charge in [0.15, 0.2) is 0 Å². The smallest absolute Gasteiger partial charge is 0.226 e. The van der Waals surface area contributed by atoms with Crippen molar-refractivity contribution < 1.29 is 14.6 Å².